The van der Waals surface area contributed by atoms with Gasteiger partial charge in [0.1, 0.15) is 5.82 Å². The Kier molecular flexibility index (Phi) is 3.85. The van der Waals surface area contributed by atoms with E-state index < -0.39 is 0 Å². The molecule has 0 fully saturated rings. The van der Waals surface area contributed by atoms with E-state index in [0.29, 0.717) is 10.7 Å². The van der Waals surface area contributed by atoms with Gasteiger partial charge in [-0.15, -0.1) is 5.10 Å². The second-order valence-corrected chi connectivity index (χ2v) is 4.46. The SMILES string of the molecule is CCC(C)c1nn(C(=O)N(C)C)c(=S)n1C. The summed E-state index contributed by atoms with van der Waals surface area (Å²) in [6.07, 6.45) is 0.968. The fourth-order valence-corrected chi connectivity index (χ4v) is 1.59. The van der Waals surface area contributed by atoms with E-state index >= 15 is 0 Å². The quantitative estimate of drug-likeness (QED) is 0.745. The summed E-state index contributed by atoms with van der Waals surface area (Å²) in [7, 11) is 5.21. The molecule has 0 N–H and O–H groups in total. The van der Waals surface area contributed by atoms with Crippen molar-refractivity contribution in [3.8, 4) is 0 Å². The zero-order valence-electron chi connectivity index (χ0n) is 10.4. The third kappa shape index (κ3) is 2.16. The zero-order chi connectivity index (χ0) is 12.5. The highest BCUT2D eigenvalue weighted by Gasteiger charge is 2.17. The van der Waals surface area contributed by atoms with Crippen molar-refractivity contribution < 1.29 is 4.79 Å². The van der Waals surface area contributed by atoms with E-state index in [9.17, 15) is 4.79 Å². The molecule has 0 saturated heterocycles. The molecule has 1 amide bonds. The van der Waals surface area contributed by atoms with Crippen LogP contribution in [0, 0.1) is 4.77 Å². The normalized spacial score (nSPS) is 12.6. The van der Waals surface area contributed by atoms with Crippen LogP contribution in [0.3, 0.4) is 0 Å². The lowest BCUT2D eigenvalue weighted by atomic mass is 10.1. The highest BCUT2D eigenvalue weighted by Crippen LogP contribution is 2.16. The number of aromatic nitrogens is 3. The Morgan fingerprint density at radius 1 is 1.56 bits per heavy atom. The maximum atomic E-state index is 11.8. The van der Waals surface area contributed by atoms with Gasteiger partial charge in [-0.25, -0.2) is 4.79 Å². The Morgan fingerprint density at radius 2 is 2.12 bits per heavy atom. The summed E-state index contributed by atoms with van der Waals surface area (Å²) in [5, 5.41) is 4.29. The van der Waals surface area contributed by atoms with Gasteiger partial charge in [-0.3, -0.25) is 0 Å². The van der Waals surface area contributed by atoms with E-state index in [1.807, 2.05) is 7.05 Å². The van der Waals surface area contributed by atoms with Crippen molar-refractivity contribution in [3.63, 3.8) is 0 Å². The molecular formula is C10H18N4OS. The first-order chi connectivity index (χ1) is 7.40. The average molecular weight is 242 g/mol. The molecular weight excluding hydrogens is 224 g/mol. The number of carbonyl (C=O) groups excluding carboxylic acids is 1. The third-order valence-corrected chi connectivity index (χ3v) is 3.08. The lowest BCUT2D eigenvalue weighted by Gasteiger charge is -2.08. The van der Waals surface area contributed by atoms with Gasteiger partial charge in [-0.05, 0) is 18.6 Å². The van der Waals surface area contributed by atoms with Crippen molar-refractivity contribution in [2.75, 3.05) is 14.1 Å². The van der Waals surface area contributed by atoms with E-state index in [0.717, 1.165) is 12.2 Å². The van der Waals surface area contributed by atoms with Crippen LogP contribution in [-0.4, -0.2) is 39.4 Å². The van der Waals surface area contributed by atoms with E-state index in [1.54, 1.807) is 18.7 Å². The maximum absolute atomic E-state index is 11.8. The van der Waals surface area contributed by atoms with Gasteiger partial charge in [0, 0.05) is 27.1 Å². The van der Waals surface area contributed by atoms with E-state index in [1.165, 1.54) is 9.58 Å². The Hall–Kier alpha value is -1.17. The van der Waals surface area contributed by atoms with Crippen molar-refractivity contribution >= 4 is 18.2 Å². The smallest absolute Gasteiger partial charge is 0.329 e. The Morgan fingerprint density at radius 3 is 2.56 bits per heavy atom. The van der Waals surface area contributed by atoms with E-state index in [-0.39, 0.29) is 6.03 Å². The molecule has 16 heavy (non-hydrogen) atoms. The lowest BCUT2D eigenvalue weighted by Crippen LogP contribution is -2.28. The second kappa shape index (κ2) is 4.78. The highest BCUT2D eigenvalue weighted by molar-refractivity contribution is 7.71. The standard InChI is InChI=1S/C10H18N4OS/c1-6-7(2)8-11-14(9(15)12(3)4)10(16)13(8)5/h7H,6H2,1-5H3. The second-order valence-electron chi connectivity index (χ2n) is 4.10. The van der Waals surface area contributed by atoms with Gasteiger partial charge in [0.25, 0.3) is 0 Å². The average Bonchev–Trinajstić information content (AvgIpc) is 2.54. The number of nitrogens with zero attached hydrogens (tertiary/aromatic N) is 4. The van der Waals surface area contributed by atoms with Crippen LogP contribution >= 0.6 is 12.2 Å². The van der Waals surface area contributed by atoms with Crippen LogP contribution in [-0.2, 0) is 7.05 Å². The Labute approximate surface area is 101 Å². The maximum Gasteiger partial charge on any atom is 0.346 e. The Bertz CT molecular complexity index is 446. The van der Waals surface area contributed by atoms with Gasteiger partial charge < -0.3 is 9.47 Å². The molecule has 0 aliphatic heterocycles. The molecule has 5 nitrogen and oxygen atoms in total. The molecule has 0 bridgehead atoms. The van der Waals surface area contributed by atoms with Crippen molar-refractivity contribution in [2.45, 2.75) is 26.2 Å². The number of hydrogen-bond donors (Lipinski definition) is 0. The molecule has 1 aromatic rings. The molecule has 90 valence electrons. The number of rotatable bonds is 2. The first-order valence-electron chi connectivity index (χ1n) is 5.27. The summed E-state index contributed by atoms with van der Waals surface area (Å²) in [6.45, 7) is 4.15. The van der Waals surface area contributed by atoms with Gasteiger partial charge in [0.15, 0.2) is 0 Å². The summed E-state index contributed by atoms with van der Waals surface area (Å²) < 4.78 is 3.51. The number of hydrogen-bond acceptors (Lipinski definition) is 3. The van der Waals surface area contributed by atoms with Gasteiger partial charge in [-0.1, -0.05) is 13.8 Å². The molecule has 0 aliphatic carbocycles. The predicted molar refractivity (Wildman–Crippen MR) is 65.2 cm³/mol. The minimum atomic E-state index is -0.213. The molecule has 6 heteroatoms. The van der Waals surface area contributed by atoms with Gasteiger partial charge >= 0.3 is 6.03 Å². The molecule has 0 aliphatic rings. The summed E-state index contributed by atoms with van der Waals surface area (Å²) >= 11 is 5.19. The molecule has 1 unspecified atom stereocenters. The molecule has 0 saturated carbocycles. The van der Waals surface area contributed by atoms with Crippen LogP contribution in [0.4, 0.5) is 4.79 Å². The molecule has 1 heterocycles. The fraction of sp³-hybridized carbons (Fsp3) is 0.700. The summed E-state index contributed by atoms with van der Waals surface area (Å²) in [5.74, 6) is 1.14. The number of amides is 1. The summed E-state index contributed by atoms with van der Waals surface area (Å²) in [4.78, 5) is 13.2. The summed E-state index contributed by atoms with van der Waals surface area (Å²) in [6, 6.07) is -0.213. The van der Waals surface area contributed by atoms with E-state index in [2.05, 4.69) is 18.9 Å². The van der Waals surface area contributed by atoms with Crippen LogP contribution < -0.4 is 0 Å². The van der Waals surface area contributed by atoms with Crippen molar-refractivity contribution in [2.24, 2.45) is 7.05 Å². The molecule has 0 spiro atoms. The van der Waals surface area contributed by atoms with Crippen LogP contribution in [0.5, 0.6) is 0 Å². The topological polar surface area (TPSA) is 43.1 Å². The van der Waals surface area contributed by atoms with Crippen LogP contribution in [0.15, 0.2) is 0 Å². The molecule has 1 aromatic heterocycles. The van der Waals surface area contributed by atoms with Gasteiger partial charge in [0.05, 0.1) is 0 Å². The third-order valence-electron chi connectivity index (χ3n) is 2.63. The zero-order valence-corrected chi connectivity index (χ0v) is 11.2. The first-order valence-corrected chi connectivity index (χ1v) is 5.68. The largest absolute Gasteiger partial charge is 0.346 e. The van der Waals surface area contributed by atoms with Gasteiger partial charge in [-0.2, -0.15) is 4.68 Å². The molecule has 0 radical (unpaired) electrons. The minimum Gasteiger partial charge on any atom is -0.329 e. The predicted octanol–water partition coefficient (Wildman–Crippen LogP) is 1.99. The summed E-state index contributed by atoms with van der Waals surface area (Å²) in [5.41, 5.74) is 0. The fourth-order valence-electron chi connectivity index (χ4n) is 1.38. The number of carbonyl (C=O) groups is 1. The lowest BCUT2D eigenvalue weighted by molar-refractivity contribution is 0.215. The molecule has 0 aromatic carbocycles. The van der Waals surface area contributed by atoms with Crippen molar-refractivity contribution in [1.82, 2.24) is 19.2 Å². The van der Waals surface area contributed by atoms with Crippen LogP contribution in [0.25, 0.3) is 0 Å². The van der Waals surface area contributed by atoms with E-state index in [4.69, 9.17) is 12.2 Å². The minimum absolute atomic E-state index is 0.213. The molecule has 1 rings (SSSR count). The van der Waals surface area contributed by atoms with Crippen molar-refractivity contribution in [1.29, 1.82) is 0 Å². The first kappa shape index (κ1) is 12.9. The highest BCUT2D eigenvalue weighted by atomic mass is 32.1. The van der Waals surface area contributed by atoms with Crippen LogP contribution in [0.2, 0.25) is 0 Å². The van der Waals surface area contributed by atoms with Gasteiger partial charge in [0.2, 0.25) is 4.77 Å². The van der Waals surface area contributed by atoms with Crippen molar-refractivity contribution in [3.05, 3.63) is 10.6 Å². The monoisotopic (exact) mass is 242 g/mol. The molecule has 1 atom stereocenters. The van der Waals surface area contributed by atoms with Crippen LogP contribution in [0.1, 0.15) is 32.0 Å². The Balaban J connectivity index is 3.25.